The molecule has 0 radical (unpaired) electrons. The van der Waals surface area contributed by atoms with Crippen LogP contribution in [0.15, 0.2) is 11.6 Å². The third kappa shape index (κ3) is 35.2. The molecule has 1 fully saturated rings. The SMILES string of the molecule is CCCCCCCCCCCCCCCCC(=CCCCCC1CC1CCCCCC(C)CCC)CCCCCCCCCCCCCCCC. The Hall–Kier alpha value is -0.260. The highest BCUT2D eigenvalue weighted by molar-refractivity contribution is 5.02. The lowest BCUT2D eigenvalue weighted by molar-refractivity contribution is 0.447. The van der Waals surface area contributed by atoms with Gasteiger partial charge in [-0.3, -0.25) is 0 Å². The molecule has 1 aliphatic carbocycles. The summed E-state index contributed by atoms with van der Waals surface area (Å²) in [7, 11) is 0. The summed E-state index contributed by atoms with van der Waals surface area (Å²) in [6.07, 6.45) is 64.2. The van der Waals surface area contributed by atoms with Crippen LogP contribution in [0, 0.1) is 17.8 Å². The van der Waals surface area contributed by atoms with Gasteiger partial charge >= 0.3 is 0 Å². The Morgan fingerprint density at radius 3 is 1.14 bits per heavy atom. The van der Waals surface area contributed by atoms with E-state index in [9.17, 15) is 0 Å². The first-order chi connectivity index (χ1) is 25.2. The summed E-state index contributed by atoms with van der Waals surface area (Å²) in [6, 6.07) is 0. The van der Waals surface area contributed by atoms with E-state index in [0.29, 0.717) is 0 Å². The first-order valence-electron chi connectivity index (χ1n) is 24.9. The van der Waals surface area contributed by atoms with Gasteiger partial charge in [-0.05, 0) is 62.7 Å². The van der Waals surface area contributed by atoms with Crippen LogP contribution in [0.25, 0.3) is 0 Å². The lowest BCUT2D eigenvalue weighted by Gasteiger charge is -2.09. The Morgan fingerprint density at radius 1 is 0.392 bits per heavy atom. The van der Waals surface area contributed by atoms with Gasteiger partial charge in [0.2, 0.25) is 0 Å². The van der Waals surface area contributed by atoms with Crippen LogP contribution in [0.3, 0.4) is 0 Å². The fourth-order valence-electron chi connectivity index (χ4n) is 9.01. The van der Waals surface area contributed by atoms with Crippen molar-refractivity contribution in [3.8, 4) is 0 Å². The highest BCUT2D eigenvalue weighted by Gasteiger charge is 2.35. The number of hydrogen-bond donors (Lipinski definition) is 0. The summed E-state index contributed by atoms with van der Waals surface area (Å²) in [5.74, 6) is 3.15. The van der Waals surface area contributed by atoms with Crippen molar-refractivity contribution >= 4 is 0 Å². The highest BCUT2D eigenvalue weighted by Crippen LogP contribution is 2.45. The molecule has 1 aliphatic rings. The Labute approximate surface area is 325 Å². The number of hydrogen-bond acceptors (Lipinski definition) is 0. The van der Waals surface area contributed by atoms with Gasteiger partial charge in [0.05, 0.1) is 0 Å². The zero-order valence-electron chi connectivity index (χ0n) is 36.5. The van der Waals surface area contributed by atoms with E-state index in [1.165, 1.54) is 263 Å². The van der Waals surface area contributed by atoms with Crippen molar-refractivity contribution in [1.29, 1.82) is 0 Å². The molecule has 0 nitrogen and oxygen atoms in total. The monoisotopic (exact) mass is 713 g/mol. The second kappa shape index (κ2) is 39.4. The van der Waals surface area contributed by atoms with E-state index in [4.69, 9.17) is 0 Å². The summed E-state index contributed by atoms with van der Waals surface area (Å²) in [6.45, 7) is 9.43. The van der Waals surface area contributed by atoms with Crippen LogP contribution in [-0.4, -0.2) is 0 Å². The maximum atomic E-state index is 2.73. The van der Waals surface area contributed by atoms with Crippen LogP contribution in [0.5, 0.6) is 0 Å². The van der Waals surface area contributed by atoms with E-state index in [1.807, 2.05) is 5.57 Å². The van der Waals surface area contributed by atoms with Crippen LogP contribution in [0.2, 0.25) is 0 Å². The summed E-state index contributed by atoms with van der Waals surface area (Å²) >= 11 is 0. The predicted molar refractivity (Wildman–Crippen MR) is 235 cm³/mol. The summed E-state index contributed by atoms with van der Waals surface area (Å²) < 4.78 is 0. The maximum absolute atomic E-state index is 2.73. The van der Waals surface area contributed by atoms with Crippen LogP contribution in [-0.2, 0) is 0 Å². The quantitative estimate of drug-likeness (QED) is 0.0436. The van der Waals surface area contributed by atoms with E-state index in [0.717, 1.165) is 17.8 Å². The Morgan fingerprint density at radius 2 is 0.745 bits per heavy atom. The Bertz CT molecular complexity index is 654. The highest BCUT2D eigenvalue weighted by atomic mass is 14.4. The molecule has 51 heavy (non-hydrogen) atoms. The minimum absolute atomic E-state index is 0.955. The summed E-state index contributed by atoms with van der Waals surface area (Å²) in [5.41, 5.74) is 1.84. The zero-order chi connectivity index (χ0) is 36.7. The zero-order valence-corrected chi connectivity index (χ0v) is 36.5. The van der Waals surface area contributed by atoms with Gasteiger partial charge in [0.1, 0.15) is 0 Å². The van der Waals surface area contributed by atoms with Crippen molar-refractivity contribution in [3.05, 3.63) is 11.6 Å². The third-order valence-corrected chi connectivity index (χ3v) is 12.8. The summed E-state index contributed by atoms with van der Waals surface area (Å²) in [4.78, 5) is 0. The molecule has 3 unspecified atom stereocenters. The predicted octanol–water partition coefficient (Wildman–Crippen LogP) is 19.2. The largest absolute Gasteiger partial charge is 0.0853 e. The van der Waals surface area contributed by atoms with Crippen molar-refractivity contribution in [3.63, 3.8) is 0 Å². The average Bonchev–Trinajstić information content (AvgIpc) is 3.89. The molecular formula is C51H100. The van der Waals surface area contributed by atoms with E-state index in [2.05, 4.69) is 33.8 Å². The molecule has 0 aromatic carbocycles. The van der Waals surface area contributed by atoms with Gasteiger partial charge < -0.3 is 0 Å². The lowest BCUT2D eigenvalue weighted by Crippen LogP contribution is -1.94. The number of allylic oxidation sites excluding steroid dienone is 2. The lowest BCUT2D eigenvalue weighted by atomic mass is 9.97. The van der Waals surface area contributed by atoms with Crippen molar-refractivity contribution < 1.29 is 0 Å². The van der Waals surface area contributed by atoms with E-state index in [1.54, 1.807) is 6.42 Å². The molecule has 1 rings (SSSR count). The van der Waals surface area contributed by atoms with Crippen molar-refractivity contribution in [2.24, 2.45) is 17.8 Å². The van der Waals surface area contributed by atoms with Crippen molar-refractivity contribution in [2.75, 3.05) is 0 Å². The van der Waals surface area contributed by atoms with Gasteiger partial charge in [-0.25, -0.2) is 0 Å². The van der Waals surface area contributed by atoms with Crippen molar-refractivity contribution in [2.45, 2.75) is 297 Å². The van der Waals surface area contributed by atoms with Crippen LogP contribution < -0.4 is 0 Å². The molecule has 0 heterocycles. The molecule has 0 saturated heterocycles. The van der Waals surface area contributed by atoms with Crippen LogP contribution in [0.1, 0.15) is 297 Å². The normalized spacial score (nSPS) is 16.2. The van der Waals surface area contributed by atoms with Gasteiger partial charge in [0.15, 0.2) is 0 Å². The topological polar surface area (TPSA) is 0 Å². The van der Waals surface area contributed by atoms with Crippen LogP contribution in [0.4, 0.5) is 0 Å². The first-order valence-corrected chi connectivity index (χ1v) is 24.9. The molecule has 0 aliphatic heterocycles. The van der Waals surface area contributed by atoms with E-state index < -0.39 is 0 Å². The van der Waals surface area contributed by atoms with Gasteiger partial charge in [-0.1, -0.05) is 264 Å². The molecule has 304 valence electrons. The minimum atomic E-state index is 0.955. The van der Waals surface area contributed by atoms with Gasteiger partial charge in [-0.15, -0.1) is 0 Å². The fourth-order valence-corrected chi connectivity index (χ4v) is 9.01. The fraction of sp³-hybridized carbons (Fsp3) is 0.961. The maximum Gasteiger partial charge on any atom is -0.0320 e. The first kappa shape index (κ1) is 48.8. The molecule has 3 atom stereocenters. The molecule has 0 heteroatoms. The van der Waals surface area contributed by atoms with Gasteiger partial charge in [0.25, 0.3) is 0 Å². The van der Waals surface area contributed by atoms with Gasteiger partial charge in [0, 0.05) is 0 Å². The molecule has 1 saturated carbocycles. The molecule has 0 aromatic heterocycles. The number of unbranched alkanes of at least 4 members (excludes halogenated alkanes) is 30. The Kier molecular flexibility index (Phi) is 37.7. The molecule has 0 N–H and O–H groups in total. The van der Waals surface area contributed by atoms with Crippen LogP contribution >= 0.6 is 0 Å². The number of rotatable bonds is 43. The van der Waals surface area contributed by atoms with E-state index in [-0.39, 0.29) is 0 Å². The molecule has 0 amide bonds. The second-order valence-corrected chi connectivity index (χ2v) is 18.1. The third-order valence-electron chi connectivity index (χ3n) is 12.8. The van der Waals surface area contributed by atoms with E-state index >= 15 is 0 Å². The average molecular weight is 713 g/mol. The Balaban J connectivity index is 2.16. The standard InChI is InChI=1S/C51H100/c1-5-8-10-12-14-16-18-20-22-24-26-28-30-35-42-49(43-36-31-29-27-25-23-21-19-17-15-13-11-9-6-2)44-37-33-39-46-51-47-50(51)45-38-32-34-41-48(4)40-7-3/h44,48,50-51H,5-43,45-47H2,1-4H3. The molecular weight excluding hydrogens is 613 g/mol. The van der Waals surface area contributed by atoms with Gasteiger partial charge in [-0.2, -0.15) is 0 Å². The van der Waals surface area contributed by atoms with Crippen molar-refractivity contribution in [1.82, 2.24) is 0 Å². The molecule has 0 bridgehead atoms. The second-order valence-electron chi connectivity index (χ2n) is 18.1. The molecule has 0 aromatic rings. The summed E-state index contributed by atoms with van der Waals surface area (Å²) in [5, 5.41) is 0. The molecule has 0 spiro atoms. The minimum Gasteiger partial charge on any atom is -0.0853 e. The smallest absolute Gasteiger partial charge is 0.0320 e.